The molecule has 0 aromatic heterocycles. The largest absolute Gasteiger partial charge is 0.296 e. The summed E-state index contributed by atoms with van der Waals surface area (Å²) in [4.78, 5) is 0. The summed E-state index contributed by atoms with van der Waals surface area (Å²) in [5.41, 5.74) is 0.753. The molecule has 5 nitrogen and oxygen atoms in total. The Labute approximate surface area is 95.7 Å². The Kier molecular flexibility index (Phi) is 5.59. The van der Waals surface area contributed by atoms with E-state index in [1.54, 1.807) is 12.1 Å². The van der Waals surface area contributed by atoms with Gasteiger partial charge in [0.25, 0.3) is 0 Å². The molecule has 0 radical (unpaired) electrons. The maximum Gasteiger partial charge on any atom is 0.210 e. The third-order valence-electron chi connectivity index (χ3n) is 1.58. The van der Waals surface area contributed by atoms with E-state index in [4.69, 9.17) is 5.84 Å². The van der Waals surface area contributed by atoms with Crippen LogP contribution in [0.4, 0.5) is 5.69 Å². The first-order chi connectivity index (χ1) is 6.49. The number of nitrogens with one attached hydrogen (secondary N) is 1. The molecule has 0 aliphatic carbocycles. The van der Waals surface area contributed by atoms with Crippen LogP contribution in [0.25, 0.3) is 0 Å². The monoisotopic (exact) mass is 251 g/mol. The molecule has 0 heterocycles. The van der Waals surface area contributed by atoms with Gasteiger partial charge in [0.1, 0.15) is 0 Å². The molecule has 0 amide bonds. The van der Waals surface area contributed by atoms with Crippen molar-refractivity contribution in [1.29, 1.82) is 0 Å². The fraction of sp³-hybridized carbons (Fsp3) is 0.250. The Bertz CT molecular complexity index is 382. The Morgan fingerprint density at radius 1 is 1.33 bits per heavy atom. The van der Waals surface area contributed by atoms with Gasteiger partial charge in [-0.25, -0.2) is 14.3 Å². The highest BCUT2D eigenvalue weighted by atomic mass is 35.5. The van der Waals surface area contributed by atoms with Gasteiger partial charge in [-0.3, -0.25) is 5.01 Å². The molecule has 86 valence electrons. The molecule has 3 N–H and O–H groups in total. The summed E-state index contributed by atoms with van der Waals surface area (Å²) in [7, 11) is -3.20. The summed E-state index contributed by atoms with van der Waals surface area (Å²) >= 11 is 0. The van der Waals surface area contributed by atoms with E-state index in [-0.39, 0.29) is 19.1 Å². The molecule has 0 spiro atoms. The molecule has 0 aliphatic heterocycles. The van der Waals surface area contributed by atoms with Gasteiger partial charge in [0.15, 0.2) is 0 Å². The van der Waals surface area contributed by atoms with Crippen LogP contribution in [0, 0.1) is 0 Å². The Balaban J connectivity index is 0.00000196. The fourth-order valence-corrected chi connectivity index (χ4v) is 1.27. The minimum atomic E-state index is -3.20. The third-order valence-corrected chi connectivity index (χ3v) is 2.24. The Hall–Kier alpha value is -0.820. The zero-order chi connectivity index (χ0) is 10.6. The molecule has 0 bridgehead atoms. The van der Waals surface area contributed by atoms with Gasteiger partial charge < -0.3 is 0 Å². The Morgan fingerprint density at radius 3 is 2.33 bits per heavy atom. The second-order valence-electron chi connectivity index (χ2n) is 2.88. The minimum absolute atomic E-state index is 0. The quantitative estimate of drug-likeness (QED) is 0.458. The lowest BCUT2D eigenvalue weighted by Gasteiger charge is -2.18. The van der Waals surface area contributed by atoms with Crippen molar-refractivity contribution in [3.63, 3.8) is 0 Å². The van der Waals surface area contributed by atoms with Crippen LogP contribution in [0.15, 0.2) is 30.3 Å². The van der Waals surface area contributed by atoms with E-state index in [0.29, 0.717) is 0 Å². The molecule has 1 aromatic carbocycles. The van der Waals surface area contributed by atoms with Crippen molar-refractivity contribution in [2.75, 3.05) is 17.9 Å². The molecule has 0 saturated carbocycles. The van der Waals surface area contributed by atoms with Gasteiger partial charge in [-0.15, -0.1) is 12.4 Å². The van der Waals surface area contributed by atoms with Gasteiger partial charge in [0, 0.05) is 0 Å². The number of hydrazine groups is 1. The van der Waals surface area contributed by atoms with Gasteiger partial charge >= 0.3 is 0 Å². The van der Waals surface area contributed by atoms with E-state index in [1.165, 1.54) is 5.01 Å². The smallest absolute Gasteiger partial charge is 0.210 e. The van der Waals surface area contributed by atoms with Crippen molar-refractivity contribution < 1.29 is 8.42 Å². The van der Waals surface area contributed by atoms with Crippen LogP contribution >= 0.6 is 12.4 Å². The van der Waals surface area contributed by atoms with Gasteiger partial charge in [0.05, 0.1) is 18.6 Å². The van der Waals surface area contributed by atoms with Gasteiger partial charge in [-0.1, -0.05) is 18.2 Å². The number of hydrogen-bond donors (Lipinski definition) is 2. The predicted octanol–water partition coefficient (Wildman–Crippen LogP) is 0.295. The predicted molar refractivity (Wildman–Crippen MR) is 63.2 cm³/mol. The zero-order valence-corrected chi connectivity index (χ0v) is 9.88. The second-order valence-corrected chi connectivity index (χ2v) is 4.71. The number of hydrogen-bond acceptors (Lipinski definition) is 4. The van der Waals surface area contributed by atoms with Crippen molar-refractivity contribution in [2.24, 2.45) is 5.84 Å². The summed E-state index contributed by atoms with van der Waals surface area (Å²) < 4.78 is 23.8. The minimum Gasteiger partial charge on any atom is -0.296 e. The highest BCUT2D eigenvalue weighted by Gasteiger charge is 2.03. The maximum absolute atomic E-state index is 10.8. The molecule has 0 atom stereocenters. The molecule has 15 heavy (non-hydrogen) atoms. The van der Waals surface area contributed by atoms with Crippen LogP contribution in [0.2, 0.25) is 0 Å². The standard InChI is InChI=1S/C8H13N3O2S.ClH/c1-14(12,13)10-7-11(9)8-5-3-2-4-6-8;/h2-6,10H,7,9H2,1H3;1H. The number of halogens is 1. The highest BCUT2D eigenvalue weighted by Crippen LogP contribution is 2.07. The zero-order valence-electron chi connectivity index (χ0n) is 8.25. The summed E-state index contributed by atoms with van der Waals surface area (Å²) in [5, 5.41) is 1.32. The highest BCUT2D eigenvalue weighted by molar-refractivity contribution is 7.88. The molecule has 0 aliphatic rings. The number of sulfonamides is 1. The van der Waals surface area contributed by atoms with E-state index < -0.39 is 10.0 Å². The van der Waals surface area contributed by atoms with Gasteiger partial charge in [-0.05, 0) is 12.1 Å². The molecular weight excluding hydrogens is 238 g/mol. The van der Waals surface area contributed by atoms with Crippen molar-refractivity contribution >= 4 is 28.1 Å². The van der Waals surface area contributed by atoms with Crippen LogP contribution in [-0.4, -0.2) is 21.3 Å². The van der Waals surface area contributed by atoms with Crippen molar-refractivity contribution in [2.45, 2.75) is 0 Å². The second kappa shape index (κ2) is 5.92. The normalized spacial score (nSPS) is 10.5. The maximum atomic E-state index is 10.8. The van der Waals surface area contributed by atoms with Gasteiger partial charge in [-0.2, -0.15) is 4.72 Å². The molecule has 1 rings (SSSR count). The number of anilines is 1. The van der Waals surface area contributed by atoms with E-state index in [0.717, 1.165) is 11.9 Å². The fourth-order valence-electron chi connectivity index (χ4n) is 0.898. The number of benzene rings is 1. The van der Waals surface area contributed by atoms with Crippen LogP contribution in [0.5, 0.6) is 0 Å². The summed E-state index contributed by atoms with van der Waals surface area (Å²) in [6.07, 6.45) is 1.09. The van der Waals surface area contributed by atoms with Crippen molar-refractivity contribution in [3.05, 3.63) is 30.3 Å². The molecule has 0 saturated heterocycles. The first kappa shape index (κ1) is 14.2. The lowest BCUT2D eigenvalue weighted by Crippen LogP contribution is -2.41. The number of nitrogens with zero attached hydrogens (tertiary/aromatic N) is 1. The number of para-hydroxylation sites is 1. The topological polar surface area (TPSA) is 75.4 Å². The van der Waals surface area contributed by atoms with E-state index in [2.05, 4.69) is 4.72 Å². The van der Waals surface area contributed by atoms with Crippen LogP contribution < -0.4 is 15.6 Å². The van der Waals surface area contributed by atoms with E-state index in [9.17, 15) is 8.42 Å². The lowest BCUT2D eigenvalue weighted by atomic mass is 10.3. The number of nitrogens with two attached hydrogens (primary N) is 1. The molecule has 1 aromatic rings. The first-order valence-corrected chi connectivity index (χ1v) is 5.90. The molecule has 7 heteroatoms. The average molecular weight is 252 g/mol. The number of rotatable bonds is 4. The first-order valence-electron chi connectivity index (χ1n) is 4.01. The average Bonchev–Trinajstić information content (AvgIpc) is 2.14. The van der Waals surface area contributed by atoms with Crippen molar-refractivity contribution in [3.8, 4) is 0 Å². The molecule has 0 unspecified atom stereocenters. The SMILES string of the molecule is CS(=O)(=O)NCN(N)c1ccccc1.Cl. The lowest BCUT2D eigenvalue weighted by molar-refractivity contribution is 0.586. The van der Waals surface area contributed by atoms with Crippen LogP contribution in [0.1, 0.15) is 0 Å². The molecule has 0 fully saturated rings. The third kappa shape index (κ3) is 5.58. The van der Waals surface area contributed by atoms with Crippen LogP contribution in [0.3, 0.4) is 0 Å². The summed E-state index contributed by atoms with van der Waals surface area (Å²) in [5.74, 6) is 5.61. The van der Waals surface area contributed by atoms with Crippen molar-refractivity contribution in [1.82, 2.24) is 4.72 Å². The summed E-state index contributed by atoms with van der Waals surface area (Å²) in [6, 6.07) is 9.11. The van der Waals surface area contributed by atoms with E-state index >= 15 is 0 Å². The van der Waals surface area contributed by atoms with E-state index in [1.807, 2.05) is 18.2 Å². The van der Waals surface area contributed by atoms with Crippen LogP contribution in [-0.2, 0) is 10.0 Å². The Morgan fingerprint density at radius 2 is 1.87 bits per heavy atom. The summed E-state index contributed by atoms with van der Waals surface area (Å²) in [6.45, 7) is 0.0584. The molecular formula is C8H14ClN3O2S. The van der Waals surface area contributed by atoms with Gasteiger partial charge in [0.2, 0.25) is 10.0 Å².